The van der Waals surface area contributed by atoms with Crippen LogP contribution in [-0.2, 0) is 9.53 Å². The number of rotatable bonds is 4. The van der Waals surface area contributed by atoms with E-state index in [-0.39, 0.29) is 0 Å². The number of carboxylic acid groups (broad SMARTS) is 1. The van der Waals surface area contributed by atoms with E-state index in [1.165, 1.54) is 11.8 Å². The lowest BCUT2D eigenvalue weighted by molar-refractivity contribution is -0.145. The molecule has 0 amide bonds. The van der Waals surface area contributed by atoms with Crippen molar-refractivity contribution in [2.75, 3.05) is 5.75 Å². The van der Waals surface area contributed by atoms with Crippen molar-refractivity contribution in [3.05, 3.63) is 0 Å². The van der Waals surface area contributed by atoms with Gasteiger partial charge in [-0.25, -0.2) is 4.79 Å². The van der Waals surface area contributed by atoms with Gasteiger partial charge in [0.05, 0.1) is 0 Å². The molecule has 0 unspecified atom stereocenters. The van der Waals surface area contributed by atoms with E-state index >= 15 is 0 Å². The van der Waals surface area contributed by atoms with E-state index < -0.39 is 12.1 Å². The molecule has 0 aliphatic rings. The van der Waals surface area contributed by atoms with Crippen LogP contribution in [0, 0.1) is 0 Å². The molecule has 0 bridgehead atoms. The minimum Gasteiger partial charge on any atom is -0.479 e. The highest BCUT2D eigenvalue weighted by atomic mass is 32.2. The maximum Gasteiger partial charge on any atom is 0.344 e. The predicted molar refractivity (Wildman–Crippen MR) is 53.5 cm³/mol. The number of carbonyl (C=O) groups is 1. The number of thiocarbonyl (C=S) groups is 1. The van der Waals surface area contributed by atoms with E-state index in [0.717, 1.165) is 5.75 Å². The van der Waals surface area contributed by atoms with E-state index in [1.54, 1.807) is 6.92 Å². The summed E-state index contributed by atoms with van der Waals surface area (Å²) in [7, 11) is 0. The molecular formula is C7H12O3S2. The van der Waals surface area contributed by atoms with Crippen molar-refractivity contribution >= 4 is 34.3 Å². The Kier molecular flexibility index (Phi) is 6.10. The second kappa shape index (κ2) is 6.25. The maximum atomic E-state index is 10.5. The van der Waals surface area contributed by atoms with Crippen molar-refractivity contribution in [2.24, 2.45) is 0 Å². The molecule has 0 aromatic heterocycles. The van der Waals surface area contributed by atoms with Crippen molar-refractivity contribution in [1.29, 1.82) is 0 Å². The summed E-state index contributed by atoms with van der Waals surface area (Å²) < 4.78 is 5.31. The Morgan fingerprint density at radius 2 is 2.25 bits per heavy atom. The molecule has 0 rings (SSSR count). The number of aliphatic carboxylic acids is 1. The topological polar surface area (TPSA) is 46.5 Å². The van der Waals surface area contributed by atoms with Gasteiger partial charge in [0.2, 0.25) is 4.38 Å². The first-order chi connectivity index (χ1) is 5.61. The average Bonchev–Trinajstić information content (AvgIpc) is 2.00. The summed E-state index contributed by atoms with van der Waals surface area (Å²) in [5, 5.41) is 8.60. The molecule has 0 aliphatic heterocycles. The number of hydrogen-bond acceptors (Lipinski definition) is 4. The van der Waals surface area contributed by atoms with Gasteiger partial charge in [0, 0.05) is 0 Å². The highest BCUT2D eigenvalue weighted by Gasteiger charge is 2.17. The summed E-state index contributed by atoms with van der Waals surface area (Å²) in [6.07, 6.45) is -0.365. The van der Waals surface area contributed by atoms with E-state index in [1.807, 2.05) is 6.92 Å². The van der Waals surface area contributed by atoms with Crippen molar-refractivity contribution in [3.8, 4) is 0 Å². The lowest BCUT2D eigenvalue weighted by Crippen LogP contribution is -2.24. The highest BCUT2D eigenvalue weighted by molar-refractivity contribution is 8.22. The van der Waals surface area contributed by atoms with Gasteiger partial charge >= 0.3 is 5.97 Å². The van der Waals surface area contributed by atoms with Crippen LogP contribution in [0.25, 0.3) is 0 Å². The molecule has 0 aliphatic carbocycles. The van der Waals surface area contributed by atoms with Crippen LogP contribution in [0.3, 0.4) is 0 Å². The summed E-state index contributed by atoms with van der Waals surface area (Å²) in [6.45, 7) is 3.68. The Labute approximate surface area is 81.5 Å². The number of hydrogen-bond donors (Lipinski definition) is 1. The highest BCUT2D eigenvalue weighted by Crippen LogP contribution is 2.09. The molecule has 0 saturated heterocycles. The molecule has 0 spiro atoms. The summed E-state index contributed by atoms with van der Waals surface area (Å²) in [4.78, 5) is 10.5. The van der Waals surface area contributed by atoms with Crippen molar-refractivity contribution in [1.82, 2.24) is 0 Å². The third-order valence-electron chi connectivity index (χ3n) is 1.15. The zero-order valence-corrected chi connectivity index (χ0v) is 8.70. The summed E-state index contributed by atoms with van der Waals surface area (Å²) in [6, 6.07) is 0. The Hall–Kier alpha value is -0.290. The minimum absolute atomic E-state index is 0.312. The molecule has 0 radical (unpaired) electrons. The maximum absolute atomic E-state index is 10.5. The minimum atomic E-state index is -0.962. The quantitative estimate of drug-likeness (QED) is 0.715. The van der Waals surface area contributed by atoms with E-state index in [2.05, 4.69) is 0 Å². The molecule has 1 atom stereocenters. The summed E-state index contributed by atoms with van der Waals surface area (Å²) in [5.41, 5.74) is 0. The molecule has 0 aromatic rings. The van der Waals surface area contributed by atoms with Gasteiger partial charge in [0.25, 0.3) is 0 Å². The van der Waals surface area contributed by atoms with E-state index in [9.17, 15) is 4.79 Å². The summed E-state index contributed by atoms with van der Waals surface area (Å²) in [5.74, 6) is -0.161. The Bertz CT molecular complexity index is 170. The van der Waals surface area contributed by atoms with Crippen LogP contribution in [0.1, 0.15) is 20.3 Å². The van der Waals surface area contributed by atoms with Gasteiger partial charge in [0.1, 0.15) is 0 Å². The fourth-order valence-corrected chi connectivity index (χ4v) is 1.47. The van der Waals surface area contributed by atoms with E-state index in [0.29, 0.717) is 10.8 Å². The number of ether oxygens (including phenoxy) is 1. The molecule has 12 heavy (non-hydrogen) atoms. The van der Waals surface area contributed by atoms with Gasteiger partial charge in [-0.3, -0.25) is 0 Å². The predicted octanol–water partition coefficient (Wildman–Crippen LogP) is 1.90. The van der Waals surface area contributed by atoms with Crippen molar-refractivity contribution in [2.45, 2.75) is 26.4 Å². The first-order valence-corrected chi connectivity index (χ1v) is 5.07. The SMILES string of the molecule is CCSC(=S)O[C@@H](CC)C(=O)O. The fourth-order valence-electron chi connectivity index (χ4n) is 0.576. The molecule has 0 fully saturated rings. The van der Waals surface area contributed by atoms with Crippen LogP contribution in [0.5, 0.6) is 0 Å². The molecule has 1 N–H and O–H groups in total. The van der Waals surface area contributed by atoms with Gasteiger partial charge in [0.15, 0.2) is 6.10 Å². The molecule has 3 nitrogen and oxygen atoms in total. The van der Waals surface area contributed by atoms with Gasteiger partial charge in [-0.2, -0.15) is 0 Å². The monoisotopic (exact) mass is 208 g/mol. The third kappa shape index (κ3) is 4.56. The Morgan fingerprint density at radius 1 is 1.67 bits per heavy atom. The second-order valence-electron chi connectivity index (χ2n) is 2.04. The molecule has 0 aromatic carbocycles. The number of carboxylic acids is 1. The molecule has 70 valence electrons. The second-order valence-corrected chi connectivity index (χ2v) is 3.90. The standard InChI is InChI=1S/C7H12O3S2/c1-3-5(6(8)9)10-7(11)12-4-2/h5H,3-4H2,1-2H3,(H,8,9)/t5-/m0/s1. The van der Waals surface area contributed by atoms with Crippen molar-refractivity contribution in [3.63, 3.8) is 0 Å². The van der Waals surface area contributed by atoms with Crippen LogP contribution in [-0.4, -0.2) is 27.3 Å². The first kappa shape index (κ1) is 11.7. The zero-order valence-electron chi connectivity index (χ0n) is 7.07. The zero-order chi connectivity index (χ0) is 9.56. The summed E-state index contributed by atoms with van der Waals surface area (Å²) >= 11 is 6.13. The van der Waals surface area contributed by atoms with Crippen LogP contribution < -0.4 is 0 Å². The fraction of sp³-hybridized carbons (Fsp3) is 0.714. The lowest BCUT2D eigenvalue weighted by atomic mass is 10.3. The number of thioether (sulfide) groups is 1. The van der Waals surface area contributed by atoms with Gasteiger partial charge in [-0.05, 0) is 24.4 Å². The smallest absolute Gasteiger partial charge is 0.344 e. The average molecular weight is 208 g/mol. The first-order valence-electron chi connectivity index (χ1n) is 3.68. The molecule has 0 heterocycles. The van der Waals surface area contributed by atoms with Gasteiger partial charge in [-0.15, -0.1) is 0 Å². The molecule has 5 heteroatoms. The van der Waals surface area contributed by atoms with Crippen LogP contribution in [0.15, 0.2) is 0 Å². The lowest BCUT2D eigenvalue weighted by Gasteiger charge is -2.12. The largest absolute Gasteiger partial charge is 0.479 e. The van der Waals surface area contributed by atoms with Gasteiger partial charge in [-0.1, -0.05) is 25.6 Å². The Balaban J connectivity index is 3.85. The van der Waals surface area contributed by atoms with E-state index in [4.69, 9.17) is 22.1 Å². The van der Waals surface area contributed by atoms with Crippen LogP contribution >= 0.6 is 24.0 Å². The molecule has 0 saturated carbocycles. The molecular weight excluding hydrogens is 196 g/mol. The van der Waals surface area contributed by atoms with Crippen LogP contribution in [0.2, 0.25) is 0 Å². The van der Waals surface area contributed by atoms with Gasteiger partial charge < -0.3 is 9.84 Å². The Morgan fingerprint density at radius 3 is 2.58 bits per heavy atom. The van der Waals surface area contributed by atoms with Crippen molar-refractivity contribution < 1.29 is 14.6 Å². The normalized spacial score (nSPS) is 12.2. The van der Waals surface area contributed by atoms with Crippen LogP contribution in [0.4, 0.5) is 0 Å². The third-order valence-corrected chi connectivity index (χ3v) is 2.22.